The molecule has 13 aromatic rings. The average Bonchev–Trinajstić information content (AvgIpc) is 3.98. The van der Waals surface area contributed by atoms with Gasteiger partial charge in [-0.05, 0) is 80.4 Å². The first-order chi connectivity index (χ1) is 34.2. The summed E-state index contributed by atoms with van der Waals surface area (Å²) in [7, 11) is -2.74. The summed E-state index contributed by atoms with van der Waals surface area (Å²) in [5.41, 5.74) is 8.36. The van der Waals surface area contributed by atoms with Gasteiger partial charge in [-0.2, -0.15) is 0 Å². The third-order valence-electron chi connectivity index (χ3n) is 13.6. The number of nitrogens with zero attached hydrogens (tertiary/aromatic N) is 4. The lowest BCUT2D eigenvalue weighted by Crippen LogP contribution is -2.74. The summed E-state index contributed by atoms with van der Waals surface area (Å²) < 4.78 is 4.93. The first-order valence-electron chi connectivity index (χ1n) is 23.3. The predicted molar refractivity (Wildman–Crippen MR) is 292 cm³/mol. The molecule has 0 radical (unpaired) electrons. The summed E-state index contributed by atoms with van der Waals surface area (Å²) in [5.74, 6) is 1.85. The molecule has 324 valence electrons. The largest absolute Gasteiger partial charge is 0.309 e. The van der Waals surface area contributed by atoms with E-state index in [-0.39, 0.29) is 0 Å². The number of para-hydroxylation sites is 2. The van der Waals surface area contributed by atoms with Crippen LogP contribution in [0.5, 0.6) is 0 Å². The molecule has 6 heteroatoms. The smallest absolute Gasteiger partial charge is 0.179 e. The molecule has 0 atom stereocenters. The van der Waals surface area contributed by atoms with Gasteiger partial charge >= 0.3 is 0 Å². The van der Waals surface area contributed by atoms with Gasteiger partial charge in [-0.15, -0.1) is 11.3 Å². The van der Waals surface area contributed by atoms with E-state index in [1.54, 1.807) is 0 Å². The molecule has 0 unspecified atom stereocenters. The molecule has 0 bridgehead atoms. The summed E-state index contributed by atoms with van der Waals surface area (Å²) in [6.45, 7) is 0. The molecule has 69 heavy (non-hydrogen) atoms. The SMILES string of the molecule is c1ccc([Si](c2ccccc2)(c2ccccc2)c2ccc(-c3nc(-c4cccc(-c5ccc6sc7ccccc7c6c5)c4)nc(-c4cccc(-n5c6ccccc6c6ccccc65)c4)n3)cc2)cc1. The van der Waals surface area contributed by atoms with Crippen LogP contribution in [0, 0.1) is 0 Å². The quantitative estimate of drug-likeness (QED) is 0.107. The number of aromatic nitrogens is 4. The number of benzene rings is 10. The van der Waals surface area contributed by atoms with Crippen molar-refractivity contribution in [1.82, 2.24) is 19.5 Å². The van der Waals surface area contributed by atoms with E-state index in [1.165, 1.54) is 51.7 Å². The summed E-state index contributed by atoms with van der Waals surface area (Å²) in [6.07, 6.45) is 0. The molecule has 3 aromatic heterocycles. The normalized spacial score (nSPS) is 11.8. The lowest BCUT2D eigenvalue weighted by atomic mass is 10.0. The summed E-state index contributed by atoms with van der Waals surface area (Å²) in [6, 6.07) is 92.1. The zero-order valence-electron chi connectivity index (χ0n) is 37.4. The van der Waals surface area contributed by atoms with Crippen molar-refractivity contribution in [2.24, 2.45) is 0 Å². The zero-order valence-corrected chi connectivity index (χ0v) is 39.3. The molecule has 0 saturated heterocycles. The van der Waals surface area contributed by atoms with Crippen LogP contribution in [0.1, 0.15) is 0 Å². The van der Waals surface area contributed by atoms with Gasteiger partial charge in [-0.25, -0.2) is 15.0 Å². The molecule has 0 aliphatic heterocycles. The van der Waals surface area contributed by atoms with Crippen LogP contribution in [0.3, 0.4) is 0 Å². The first kappa shape index (κ1) is 40.7. The van der Waals surface area contributed by atoms with Crippen molar-refractivity contribution in [2.45, 2.75) is 0 Å². The highest BCUT2D eigenvalue weighted by molar-refractivity contribution is 7.25. The Morgan fingerprint density at radius 3 is 1.33 bits per heavy atom. The Labute approximate surface area is 405 Å². The third-order valence-corrected chi connectivity index (χ3v) is 19.6. The van der Waals surface area contributed by atoms with Crippen molar-refractivity contribution in [2.75, 3.05) is 0 Å². The van der Waals surface area contributed by atoms with Crippen molar-refractivity contribution >= 4 is 82.1 Å². The van der Waals surface area contributed by atoms with Gasteiger partial charge in [-0.1, -0.05) is 206 Å². The maximum Gasteiger partial charge on any atom is 0.179 e. The molecule has 0 spiro atoms. The van der Waals surface area contributed by atoms with Gasteiger partial charge in [0, 0.05) is 53.3 Å². The lowest BCUT2D eigenvalue weighted by Gasteiger charge is -2.34. The van der Waals surface area contributed by atoms with Crippen LogP contribution in [-0.4, -0.2) is 27.6 Å². The highest BCUT2D eigenvalue weighted by Crippen LogP contribution is 2.38. The average molecular weight is 915 g/mol. The third kappa shape index (κ3) is 7.00. The van der Waals surface area contributed by atoms with Crippen LogP contribution in [0.15, 0.2) is 255 Å². The van der Waals surface area contributed by atoms with Crippen molar-refractivity contribution in [3.05, 3.63) is 255 Å². The van der Waals surface area contributed by atoms with Gasteiger partial charge in [0.15, 0.2) is 25.5 Å². The van der Waals surface area contributed by atoms with Crippen LogP contribution < -0.4 is 20.7 Å². The Balaban J connectivity index is 0.977. The molecule has 10 aromatic carbocycles. The Morgan fingerprint density at radius 2 is 0.725 bits per heavy atom. The molecule has 0 N–H and O–H groups in total. The molecule has 3 heterocycles. The standard InChI is InChI=1S/C63H42N4SSi/c1-4-22-49(23-5-1)69(50-24-6-2-7-25-50,51-26-8-3-9-27-51)52-37-34-43(35-38-52)61-64-62(46-19-16-18-44(40-46)45-36-39-60-56(42-45)55-30-12-15-33-59(55)68-60)66-63(65-61)47-20-17-21-48(41-47)67-57-31-13-10-28-53(57)54-29-11-14-32-58(54)67/h1-42H. The lowest BCUT2D eigenvalue weighted by molar-refractivity contribution is 1.07. The van der Waals surface area contributed by atoms with Gasteiger partial charge < -0.3 is 4.57 Å². The molecule has 0 saturated carbocycles. The van der Waals surface area contributed by atoms with Crippen molar-refractivity contribution < 1.29 is 0 Å². The van der Waals surface area contributed by atoms with E-state index in [1.807, 2.05) is 11.3 Å². The number of thiophene rings is 1. The maximum absolute atomic E-state index is 5.33. The predicted octanol–water partition coefficient (Wildman–Crippen LogP) is 13.4. The Morgan fingerprint density at radius 1 is 0.290 bits per heavy atom. The highest BCUT2D eigenvalue weighted by atomic mass is 32.1. The highest BCUT2D eigenvalue weighted by Gasteiger charge is 2.41. The number of hydrogen-bond acceptors (Lipinski definition) is 4. The zero-order chi connectivity index (χ0) is 45.7. The van der Waals surface area contributed by atoms with Crippen molar-refractivity contribution in [1.29, 1.82) is 0 Å². The Kier molecular flexibility index (Phi) is 10.00. The van der Waals surface area contributed by atoms with Crippen LogP contribution >= 0.6 is 11.3 Å². The molecular formula is C63H42N4SSi. The topological polar surface area (TPSA) is 43.6 Å². The van der Waals surface area contributed by atoms with Crippen molar-refractivity contribution in [3.8, 4) is 51.0 Å². The molecule has 0 aliphatic rings. The van der Waals surface area contributed by atoms with Crippen LogP contribution in [-0.2, 0) is 0 Å². The van der Waals surface area contributed by atoms with Gasteiger partial charge in [-0.3, -0.25) is 0 Å². The molecule has 0 amide bonds. The van der Waals surface area contributed by atoms with E-state index in [0.29, 0.717) is 17.5 Å². The molecule has 0 fully saturated rings. The molecule has 0 aliphatic carbocycles. The summed E-state index contributed by atoms with van der Waals surface area (Å²) in [5, 5.41) is 10.3. The minimum Gasteiger partial charge on any atom is -0.309 e. The van der Waals surface area contributed by atoms with Crippen LogP contribution in [0.4, 0.5) is 0 Å². The second-order valence-corrected chi connectivity index (χ2v) is 22.4. The van der Waals surface area contributed by atoms with Gasteiger partial charge in [0.2, 0.25) is 0 Å². The second kappa shape index (κ2) is 17.0. The monoisotopic (exact) mass is 914 g/mol. The van der Waals surface area contributed by atoms with E-state index in [2.05, 4.69) is 259 Å². The molecular weight excluding hydrogens is 873 g/mol. The van der Waals surface area contributed by atoms with Crippen LogP contribution in [0.2, 0.25) is 0 Å². The van der Waals surface area contributed by atoms with Gasteiger partial charge in [0.05, 0.1) is 11.0 Å². The summed E-state index contributed by atoms with van der Waals surface area (Å²) in [4.78, 5) is 16.0. The number of rotatable bonds is 9. The number of hydrogen-bond donors (Lipinski definition) is 0. The fourth-order valence-electron chi connectivity index (χ4n) is 10.4. The summed E-state index contributed by atoms with van der Waals surface area (Å²) >= 11 is 1.84. The van der Waals surface area contributed by atoms with Gasteiger partial charge in [0.25, 0.3) is 0 Å². The van der Waals surface area contributed by atoms with Crippen LogP contribution in [0.25, 0.3) is 93.0 Å². The maximum atomic E-state index is 5.33. The first-order valence-corrected chi connectivity index (χ1v) is 26.2. The van der Waals surface area contributed by atoms with E-state index in [0.717, 1.165) is 44.5 Å². The van der Waals surface area contributed by atoms with E-state index in [9.17, 15) is 0 Å². The molecule has 13 rings (SSSR count). The Hall–Kier alpha value is -8.55. The van der Waals surface area contributed by atoms with E-state index < -0.39 is 8.07 Å². The fourth-order valence-corrected chi connectivity index (χ4v) is 16.3. The van der Waals surface area contributed by atoms with Gasteiger partial charge in [0.1, 0.15) is 0 Å². The van der Waals surface area contributed by atoms with Crippen molar-refractivity contribution in [3.63, 3.8) is 0 Å². The molecule has 4 nitrogen and oxygen atoms in total. The second-order valence-electron chi connectivity index (χ2n) is 17.5. The minimum absolute atomic E-state index is 0.611. The fraction of sp³-hybridized carbons (Fsp3) is 0. The van der Waals surface area contributed by atoms with E-state index in [4.69, 9.17) is 15.0 Å². The van der Waals surface area contributed by atoms with E-state index >= 15 is 0 Å². The Bertz CT molecular complexity index is 3860. The minimum atomic E-state index is -2.74. The number of fused-ring (bicyclic) bond motifs is 6.